The lowest BCUT2D eigenvalue weighted by Gasteiger charge is -2.02. The van der Waals surface area contributed by atoms with Crippen molar-refractivity contribution in [3.05, 3.63) is 11.6 Å². The van der Waals surface area contributed by atoms with Gasteiger partial charge in [0.1, 0.15) is 0 Å². The highest BCUT2D eigenvalue weighted by molar-refractivity contribution is 4.98. The zero-order valence-electron chi connectivity index (χ0n) is 6.15. The number of rotatable bonds is 2. The van der Waals surface area contributed by atoms with E-state index in [9.17, 15) is 0 Å². The van der Waals surface area contributed by atoms with E-state index in [2.05, 4.69) is 32.2 Å². The summed E-state index contributed by atoms with van der Waals surface area (Å²) in [6.07, 6.45) is 2.19. The molecule has 1 heteroatoms. The van der Waals surface area contributed by atoms with Gasteiger partial charge in [0.05, 0.1) is 0 Å². The molecule has 0 aromatic carbocycles. The van der Waals surface area contributed by atoms with Gasteiger partial charge in [0.15, 0.2) is 0 Å². The van der Waals surface area contributed by atoms with E-state index in [1.165, 1.54) is 5.57 Å². The average Bonchev–Trinajstić information content (AvgIpc) is 1.65. The Morgan fingerprint density at radius 2 is 2.00 bits per heavy atom. The molecule has 1 N–H and O–H groups in total. The van der Waals surface area contributed by atoms with Gasteiger partial charge in [-0.1, -0.05) is 11.6 Å². The SMILES string of the molecule is CNC(C)C=C(C)C. The van der Waals surface area contributed by atoms with Gasteiger partial charge in [-0.25, -0.2) is 0 Å². The van der Waals surface area contributed by atoms with Crippen LogP contribution in [-0.2, 0) is 0 Å². The summed E-state index contributed by atoms with van der Waals surface area (Å²) < 4.78 is 0. The van der Waals surface area contributed by atoms with Gasteiger partial charge in [-0.05, 0) is 27.8 Å². The maximum Gasteiger partial charge on any atom is 0.0221 e. The molecule has 0 amide bonds. The zero-order valence-corrected chi connectivity index (χ0v) is 6.15. The Kier molecular flexibility index (Phi) is 3.53. The summed E-state index contributed by atoms with van der Waals surface area (Å²) in [6, 6.07) is 0.514. The Hall–Kier alpha value is -0.300. The van der Waals surface area contributed by atoms with Crippen LogP contribution in [0, 0.1) is 0 Å². The quantitative estimate of drug-likeness (QED) is 0.536. The third kappa shape index (κ3) is 3.88. The highest BCUT2D eigenvalue weighted by Gasteiger charge is 1.87. The fraction of sp³-hybridized carbons (Fsp3) is 0.714. The Labute approximate surface area is 51.8 Å². The van der Waals surface area contributed by atoms with Crippen LogP contribution >= 0.6 is 0 Å². The van der Waals surface area contributed by atoms with Crippen LogP contribution in [0.2, 0.25) is 0 Å². The molecule has 0 heterocycles. The summed E-state index contributed by atoms with van der Waals surface area (Å²) >= 11 is 0. The summed E-state index contributed by atoms with van der Waals surface area (Å²) in [4.78, 5) is 0. The molecule has 1 nitrogen and oxygen atoms in total. The minimum Gasteiger partial charge on any atom is -0.314 e. The third-order valence-electron chi connectivity index (χ3n) is 1.04. The molecule has 0 bridgehead atoms. The van der Waals surface area contributed by atoms with Crippen LogP contribution in [0.15, 0.2) is 11.6 Å². The topological polar surface area (TPSA) is 12.0 Å². The van der Waals surface area contributed by atoms with Crippen LogP contribution in [0.4, 0.5) is 0 Å². The molecule has 0 saturated carbocycles. The molecule has 1 atom stereocenters. The van der Waals surface area contributed by atoms with Crippen LogP contribution in [0.1, 0.15) is 20.8 Å². The number of hydrogen-bond donors (Lipinski definition) is 1. The monoisotopic (exact) mass is 113 g/mol. The molecule has 0 spiro atoms. The Morgan fingerprint density at radius 3 is 2.12 bits per heavy atom. The molecule has 8 heavy (non-hydrogen) atoms. The molecular formula is C7H15N. The van der Waals surface area contributed by atoms with E-state index >= 15 is 0 Å². The predicted molar refractivity (Wildman–Crippen MR) is 38.0 cm³/mol. The Morgan fingerprint density at radius 1 is 1.50 bits per heavy atom. The lowest BCUT2D eigenvalue weighted by atomic mass is 10.2. The number of nitrogens with one attached hydrogen (secondary N) is 1. The molecular weight excluding hydrogens is 98.1 g/mol. The molecule has 0 fully saturated rings. The maximum atomic E-state index is 3.12. The van der Waals surface area contributed by atoms with Crippen LogP contribution in [-0.4, -0.2) is 13.1 Å². The van der Waals surface area contributed by atoms with Gasteiger partial charge in [0.2, 0.25) is 0 Å². The lowest BCUT2D eigenvalue weighted by molar-refractivity contribution is 0.724. The largest absolute Gasteiger partial charge is 0.314 e. The van der Waals surface area contributed by atoms with Crippen molar-refractivity contribution in [2.45, 2.75) is 26.8 Å². The zero-order chi connectivity index (χ0) is 6.57. The highest BCUT2D eigenvalue weighted by Crippen LogP contribution is 1.91. The Bertz CT molecular complexity index is 80.4. The Balaban J connectivity index is 3.51. The van der Waals surface area contributed by atoms with E-state index in [1.54, 1.807) is 0 Å². The lowest BCUT2D eigenvalue weighted by Crippen LogP contribution is -2.18. The third-order valence-corrected chi connectivity index (χ3v) is 1.04. The average molecular weight is 113 g/mol. The first-order valence-electron chi connectivity index (χ1n) is 2.99. The van der Waals surface area contributed by atoms with Crippen molar-refractivity contribution in [3.63, 3.8) is 0 Å². The highest BCUT2D eigenvalue weighted by atomic mass is 14.8. The molecule has 0 saturated heterocycles. The second kappa shape index (κ2) is 3.67. The van der Waals surface area contributed by atoms with Crippen LogP contribution in [0.3, 0.4) is 0 Å². The van der Waals surface area contributed by atoms with Gasteiger partial charge >= 0.3 is 0 Å². The van der Waals surface area contributed by atoms with Crippen LogP contribution in [0.25, 0.3) is 0 Å². The van der Waals surface area contributed by atoms with Gasteiger partial charge in [-0.3, -0.25) is 0 Å². The summed E-state index contributed by atoms with van der Waals surface area (Å²) in [5.41, 5.74) is 1.37. The number of likely N-dealkylation sites (N-methyl/N-ethyl adjacent to an activating group) is 1. The van der Waals surface area contributed by atoms with Gasteiger partial charge in [0, 0.05) is 6.04 Å². The molecule has 0 aliphatic rings. The maximum absolute atomic E-state index is 3.12. The van der Waals surface area contributed by atoms with Crippen molar-refractivity contribution in [2.75, 3.05) is 7.05 Å². The van der Waals surface area contributed by atoms with Crippen molar-refractivity contribution >= 4 is 0 Å². The van der Waals surface area contributed by atoms with Gasteiger partial charge in [0.25, 0.3) is 0 Å². The van der Waals surface area contributed by atoms with E-state index in [0.29, 0.717) is 6.04 Å². The molecule has 0 aliphatic heterocycles. The van der Waals surface area contributed by atoms with E-state index in [-0.39, 0.29) is 0 Å². The van der Waals surface area contributed by atoms with Crippen molar-refractivity contribution in [1.29, 1.82) is 0 Å². The first-order chi connectivity index (χ1) is 3.66. The molecule has 1 unspecified atom stereocenters. The molecule has 0 rings (SSSR count). The predicted octanol–water partition coefficient (Wildman–Crippen LogP) is 1.56. The molecule has 0 aromatic rings. The van der Waals surface area contributed by atoms with E-state index in [1.807, 2.05) is 7.05 Å². The summed E-state index contributed by atoms with van der Waals surface area (Å²) in [5, 5.41) is 3.12. The van der Waals surface area contributed by atoms with Crippen molar-refractivity contribution in [3.8, 4) is 0 Å². The second-order valence-electron chi connectivity index (χ2n) is 2.32. The van der Waals surface area contributed by atoms with Crippen LogP contribution < -0.4 is 5.32 Å². The molecule has 0 aromatic heterocycles. The minimum absolute atomic E-state index is 0.514. The first kappa shape index (κ1) is 7.70. The number of hydrogen-bond acceptors (Lipinski definition) is 1. The fourth-order valence-corrected chi connectivity index (χ4v) is 0.583. The summed E-state index contributed by atoms with van der Waals surface area (Å²) in [6.45, 7) is 6.34. The van der Waals surface area contributed by atoms with E-state index in [4.69, 9.17) is 0 Å². The normalized spacial score (nSPS) is 13.0. The van der Waals surface area contributed by atoms with Gasteiger partial charge in [-0.2, -0.15) is 0 Å². The van der Waals surface area contributed by atoms with E-state index in [0.717, 1.165) is 0 Å². The van der Waals surface area contributed by atoms with Crippen LogP contribution in [0.5, 0.6) is 0 Å². The molecule has 0 radical (unpaired) electrons. The van der Waals surface area contributed by atoms with Crippen molar-refractivity contribution < 1.29 is 0 Å². The number of allylic oxidation sites excluding steroid dienone is 1. The minimum atomic E-state index is 0.514. The van der Waals surface area contributed by atoms with Gasteiger partial charge < -0.3 is 5.32 Å². The molecule has 0 aliphatic carbocycles. The first-order valence-corrected chi connectivity index (χ1v) is 2.99. The van der Waals surface area contributed by atoms with E-state index < -0.39 is 0 Å². The summed E-state index contributed by atoms with van der Waals surface area (Å²) in [5.74, 6) is 0. The van der Waals surface area contributed by atoms with Crippen molar-refractivity contribution in [1.82, 2.24) is 5.32 Å². The summed E-state index contributed by atoms with van der Waals surface area (Å²) in [7, 11) is 1.96. The smallest absolute Gasteiger partial charge is 0.0221 e. The standard InChI is InChI=1S/C7H15N/c1-6(2)5-7(3)8-4/h5,7-8H,1-4H3. The fourth-order valence-electron chi connectivity index (χ4n) is 0.583. The van der Waals surface area contributed by atoms with Gasteiger partial charge in [-0.15, -0.1) is 0 Å². The molecule has 48 valence electrons. The second-order valence-corrected chi connectivity index (χ2v) is 2.32. The van der Waals surface area contributed by atoms with Crippen molar-refractivity contribution in [2.24, 2.45) is 0 Å².